The van der Waals surface area contributed by atoms with Crippen LogP contribution in [0.5, 0.6) is 0 Å². The number of aryl methyl sites for hydroxylation is 1. The van der Waals surface area contributed by atoms with Crippen molar-refractivity contribution in [1.82, 2.24) is 15.2 Å². The van der Waals surface area contributed by atoms with Crippen LogP contribution in [0, 0.1) is 6.92 Å². The molecule has 23 heavy (non-hydrogen) atoms. The van der Waals surface area contributed by atoms with Gasteiger partial charge in [0.05, 0.1) is 11.8 Å². The molecule has 1 unspecified atom stereocenters. The van der Waals surface area contributed by atoms with Crippen molar-refractivity contribution < 1.29 is 4.79 Å². The van der Waals surface area contributed by atoms with Crippen molar-refractivity contribution >= 4 is 17.7 Å². The first kappa shape index (κ1) is 17.5. The summed E-state index contributed by atoms with van der Waals surface area (Å²) in [4.78, 5) is 19.2. The fraction of sp³-hybridized carbons (Fsp3) is 0.333. The predicted molar refractivity (Wildman–Crippen MR) is 95.6 cm³/mol. The van der Waals surface area contributed by atoms with Gasteiger partial charge in [0.2, 0.25) is 5.91 Å². The largest absolute Gasteiger partial charge is 0.353 e. The number of aromatic nitrogens is 1. The molecule has 0 bridgehead atoms. The summed E-state index contributed by atoms with van der Waals surface area (Å²) in [5.41, 5.74) is 2.45. The Morgan fingerprint density at radius 2 is 1.83 bits per heavy atom. The fourth-order valence-corrected chi connectivity index (χ4v) is 2.95. The Balaban J connectivity index is 1.86. The summed E-state index contributed by atoms with van der Waals surface area (Å²) in [5.74, 6) is 0.462. The van der Waals surface area contributed by atoms with Crippen LogP contribution in [0.2, 0.25) is 0 Å². The minimum absolute atomic E-state index is 0.0470. The van der Waals surface area contributed by atoms with Crippen molar-refractivity contribution in [3.8, 4) is 0 Å². The van der Waals surface area contributed by atoms with Gasteiger partial charge in [-0.2, -0.15) is 0 Å². The molecule has 1 atom stereocenters. The average molecular weight is 329 g/mol. The van der Waals surface area contributed by atoms with Crippen molar-refractivity contribution in [3.63, 3.8) is 0 Å². The highest BCUT2D eigenvalue weighted by Crippen LogP contribution is 2.19. The molecular formula is C18H23N3OS. The lowest BCUT2D eigenvalue weighted by Gasteiger charge is -2.25. The van der Waals surface area contributed by atoms with Gasteiger partial charge in [0, 0.05) is 23.8 Å². The van der Waals surface area contributed by atoms with Crippen molar-refractivity contribution in [2.45, 2.75) is 17.9 Å². The summed E-state index contributed by atoms with van der Waals surface area (Å²) in [6, 6.07) is 12.4. The van der Waals surface area contributed by atoms with Gasteiger partial charge in [0.1, 0.15) is 0 Å². The number of likely N-dealkylation sites (N-methyl/N-ethyl adjacent to an activating group) is 1. The lowest BCUT2D eigenvalue weighted by Crippen LogP contribution is -2.35. The summed E-state index contributed by atoms with van der Waals surface area (Å²) < 4.78 is 0. The molecule has 1 heterocycles. The van der Waals surface area contributed by atoms with E-state index in [0.717, 1.165) is 4.90 Å². The topological polar surface area (TPSA) is 45.2 Å². The first-order valence-corrected chi connectivity index (χ1v) is 8.57. The van der Waals surface area contributed by atoms with E-state index in [1.54, 1.807) is 12.4 Å². The van der Waals surface area contributed by atoms with Gasteiger partial charge >= 0.3 is 0 Å². The van der Waals surface area contributed by atoms with E-state index < -0.39 is 0 Å². The normalized spacial score (nSPS) is 12.2. The lowest BCUT2D eigenvalue weighted by atomic mass is 10.0. The SMILES string of the molecule is Cc1ccc(C(CNC(=O)CSc2ccncc2)N(C)C)cc1. The van der Waals surface area contributed by atoms with Crippen molar-refractivity contribution in [2.75, 3.05) is 26.4 Å². The maximum atomic E-state index is 12.1. The van der Waals surface area contributed by atoms with E-state index in [-0.39, 0.29) is 11.9 Å². The number of rotatable bonds is 7. The smallest absolute Gasteiger partial charge is 0.230 e. The molecule has 122 valence electrons. The molecule has 0 aliphatic carbocycles. The minimum Gasteiger partial charge on any atom is -0.353 e. The molecule has 0 aliphatic rings. The lowest BCUT2D eigenvalue weighted by molar-refractivity contribution is -0.118. The number of amides is 1. The van der Waals surface area contributed by atoms with Crippen molar-refractivity contribution in [3.05, 3.63) is 59.9 Å². The first-order chi connectivity index (χ1) is 11.1. The highest BCUT2D eigenvalue weighted by Gasteiger charge is 2.15. The number of nitrogens with zero attached hydrogens (tertiary/aromatic N) is 2. The highest BCUT2D eigenvalue weighted by molar-refractivity contribution is 8.00. The third kappa shape index (κ3) is 5.69. The number of benzene rings is 1. The molecule has 4 nitrogen and oxygen atoms in total. The molecule has 1 aromatic carbocycles. The zero-order chi connectivity index (χ0) is 16.7. The van der Waals surface area contributed by atoms with Gasteiger partial charge in [-0.05, 0) is 38.7 Å². The Bertz CT molecular complexity index is 614. The number of carbonyl (C=O) groups is 1. The second-order valence-corrected chi connectivity index (χ2v) is 6.71. The number of hydrogen-bond acceptors (Lipinski definition) is 4. The summed E-state index contributed by atoms with van der Waals surface area (Å²) in [6.07, 6.45) is 3.47. The van der Waals surface area contributed by atoms with E-state index in [1.165, 1.54) is 22.9 Å². The standard InChI is InChI=1S/C18H23N3OS/c1-14-4-6-15(7-5-14)17(21(2)3)12-20-18(22)13-23-16-8-10-19-11-9-16/h4-11,17H,12-13H2,1-3H3,(H,20,22). The molecule has 0 fully saturated rings. The van der Waals surface area contributed by atoms with Crippen molar-refractivity contribution in [2.24, 2.45) is 0 Å². The Morgan fingerprint density at radius 3 is 2.43 bits per heavy atom. The third-order valence-electron chi connectivity index (χ3n) is 3.60. The highest BCUT2D eigenvalue weighted by atomic mass is 32.2. The van der Waals surface area contributed by atoms with Crippen LogP contribution < -0.4 is 5.32 Å². The molecule has 1 amide bonds. The Labute approximate surface area is 142 Å². The molecule has 0 radical (unpaired) electrons. The van der Waals surface area contributed by atoms with Gasteiger partial charge in [0.15, 0.2) is 0 Å². The van der Waals surface area contributed by atoms with Crippen LogP contribution >= 0.6 is 11.8 Å². The van der Waals surface area contributed by atoms with Crippen LogP contribution in [0.15, 0.2) is 53.7 Å². The van der Waals surface area contributed by atoms with Crippen LogP contribution in [-0.4, -0.2) is 42.2 Å². The van der Waals surface area contributed by atoms with Crippen LogP contribution in [0.4, 0.5) is 0 Å². The summed E-state index contributed by atoms with van der Waals surface area (Å²) in [6.45, 7) is 2.68. The molecule has 1 N–H and O–H groups in total. The quantitative estimate of drug-likeness (QED) is 0.794. The van der Waals surface area contributed by atoms with Crippen LogP contribution in [0.25, 0.3) is 0 Å². The van der Waals surface area contributed by atoms with E-state index in [2.05, 4.69) is 46.4 Å². The fourth-order valence-electron chi connectivity index (χ4n) is 2.23. The van der Waals surface area contributed by atoms with Crippen molar-refractivity contribution in [1.29, 1.82) is 0 Å². The van der Waals surface area contributed by atoms with Gasteiger partial charge in [-0.1, -0.05) is 29.8 Å². The molecular weight excluding hydrogens is 306 g/mol. The number of hydrogen-bond donors (Lipinski definition) is 1. The summed E-state index contributed by atoms with van der Waals surface area (Å²) >= 11 is 1.52. The molecule has 1 aromatic heterocycles. The van der Waals surface area contributed by atoms with Crippen LogP contribution in [0.3, 0.4) is 0 Å². The van der Waals surface area contributed by atoms with E-state index >= 15 is 0 Å². The third-order valence-corrected chi connectivity index (χ3v) is 4.61. The molecule has 0 spiro atoms. The van der Waals surface area contributed by atoms with Crippen LogP contribution in [0.1, 0.15) is 17.2 Å². The molecule has 2 rings (SSSR count). The zero-order valence-electron chi connectivity index (χ0n) is 13.8. The summed E-state index contributed by atoms with van der Waals surface area (Å²) in [5, 5.41) is 3.03. The number of carbonyl (C=O) groups excluding carboxylic acids is 1. The van der Waals surface area contributed by atoms with E-state index in [4.69, 9.17) is 0 Å². The van der Waals surface area contributed by atoms with Gasteiger partial charge in [-0.15, -0.1) is 11.8 Å². The van der Waals surface area contributed by atoms with E-state index in [0.29, 0.717) is 12.3 Å². The van der Waals surface area contributed by atoms with Gasteiger partial charge in [0.25, 0.3) is 0 Å². The number of thioether (sulfide) groups is 1. The van der Waals surface area contributed by atoms with Crippen LogP contribution in [-0.2, 0) is 4.79 Å². The Morgan fingerprint density at radius 1 is 1.17 bits per heavy atom. The Kier molecular flexibility index (Phi) is 6.62. The number of pyridine rings is 1. The van der Waals surface area contributed by atoms with Gasteiger partial charge in [-0.25, -0.2) is 0 Å². The second kappa shape index (κ2) is 8.70. The predicted octanol–water partition coefficient (Wildman–Crippen LogP) is 2.90. The van der Waals surface area contributed by atoms with E-state index in [1.807, 2.05) is 26.2 Å². The molecule has 0 saturated heterocycles. The zero-order valence-corrected chi connectivity index (χ0v) is 14.6. The molecule has 0 saturated carbocycles. The maximum Gasteiger partial charge on any atom is 0.230 e. The van der Waals surface area contributed by atoms with Gasteiger partial charge < -0.3 is 10.2 Å². The summed E-state index contributed by atoms with van der Waals surface area (Å²) in [7, 11) is 4.06. The minimum atomic E-state index is 0.0470. The Hall–Kier alpha value is -1.85. The molecule has 2 aromatic rings. The number of nitrogens with one attached hydrogen (secondary N) is 1. The van der Waals surface area contributed by atoms with Gasteiger partial charge in [-0.3, -0.25) is 9.78 Å². The first-order valence-electron chi connectivity index (χ1n) is 7.59. The monoisotopic (exact) mass is 329 g/mol. The van der Waals surface area contributed by atoms with E-state index in [9.17, 15) is 4.79 Å². The maximum absolute atomic E-state index is 12.1. The average Bonchev–Trinajstić information content (AvgIpc) is 2.55. The molecule has 5 heteroatoms. The second-order valence-electron chi connectivity index (χ2n) is 5.67. The molecule has 0 aliphatic heterocycles.